The molecule has 0 aliphatic heterocycles. The molecule has 1 aliphatic carbocycles. The van der Waals surface area contributed by atoms with E-state index < -0.39 is 0 Å². The second-order valence-electron chi connectivity index (χ2n) is 5.18. The van der Waals surface area contributed by atoms with E-state index in [9.17, 15) is 0 Å². The van der Waals surface area contributed by atoms with Gasteiger partial charge >= 0.3 is 0 Å². The highest BCUT2D eigenvalue weighted by atomic mass is 15.3. The summed E-state index contributed by atoms with van der Waals surface area (Å²) in [5.41, 5.74) is 4.77. The van der Waals surface area contributed by atoms with Crippen LogP contribution in [-0.2, 0) is 13.6 Å². The average Bonchev–Trinajstić information content (AvgIpc) is 3.22. The summed E-state index contributed by atoms with van der Waals surface area (Å²) < 4.78 is 1.81. The monoisotopic (exact) mass is 273 g/mol. The van der Waals surface area contributed by atoms with Gasteiger partial charge in [-0.3, -0.25) is 4.68 Å². The number of nitrogens with one attached hydrogen (secondary N) is 2. The summed E-state index contributed by atoms with van der Waals surface area (Å²) in [5.74, 6) is 8.25. The first-order valence-electron chi connectivity index (χ1n) is 6.74. The van der Waals surface area contributed by atoms with Gasteiger partial charge < -0.3 is 10.7 Å². The van der Waals surface area contributed by atoms with Crippen LogP contribution < -0.4 is 16.6 Å². The SMILES string of the molecule is Cc1nn(C)cc1CNc1cc(NN)nc(C2CC2)n1. The van der Waals surface area contributed by atoms with Gasteiger partial charge in [0.15, 0.2) is 0 Å². The van der Waals surface area contributed by atoms with Crippen molar-refractivity contribution in [2.45, 2.75) is 32.2 Å². The fourth-order valence-corrected chi connectivity index (χ4v) is 2.16. The smallest absolute Gasteiger partial charge is 0.145 e. The quantitative estimate of drug-likeness (QED) is 0.561. The molecule has 0 unspecified atom stereocenters. The van der Waals surface area contributed by atoms with E-state index in [-0.39, 0.29) is 0 Å². The molecule has 106 valence electrons. The van der Waals surface area contributed by atoms with Gasteiger partial charge in [0.2, 0.25) is 0 Å². The van der Waals surface area contributed by atoms with E-state index in [1.165, 1.54) is 0 Å². The zero-order valence-electron chi connectivity index (χ0n) is 11.7. The van der Waals surface area contributed by atoms with Gasteiger partial charge in [0.25, 0.3) is 0 Å². The molecule has 2 aromatic rings. The number of aryl methyl sites for hydroxylation is 2. The Labute approximate surface area is 117 Å². The number of nitrogen functional groups attached to an aromatic ring is 1. The van der Waals surface area contributed by atoms with E-state index in [4.69, 9.17) is 5.84 Å². The lowest BCUT2D eigenvalue weighted by atomic mass is 10.2. The Hall–Kier alpha value is -2.15. The summed E-state index contributed by atoms with van der Waals surface area (Å²) in [6, 6.07) is 1.82. The molecule has 0 radical (unpaired) electrons. The predicted molar refractivity (Wildman–Crippen MR) is 77.1 cm³/mol. The number of hydrogen-bond acceptors (Lipinski definition) is 6. The van der Waals surface area contributed by atoms with Crippen molar-refractivity contribution in [2.24, 2.45) is 12.9 Å². The zero-order valence-corrected chi connectivity index (χ0v) is 11.7. The average molecular weight is 273 g/mol. The summed E-state index contributed by atoms with van der Waals surface area (Å²) in [6.45, 7) is 2.68. The number of nitrogens with zero attached hydrogens (tertiary/aromatic N) is 4. The molecular formula is C13H19N7. The Morgan fingerprint density at radius 3 is 2.70 bits per heavy atom. The lowest BCUT2D eigenvalue weighted by Gasteiger charge is -2.09. The Morgan fingerprint density at radius 2 is 2.10 bits per heavy atom. The molecule has 0 aromatic carbocycles. The van der Waals surface area contributed by atoms with Crippen molar-refractivity contribution in [2.75, 3.05) is 10.7 Å². The van der Waals surface area contributed by atoms with E-state index in [0.29, 0.717) is 18.3 Å². The second-order valence-corrected chi connectivity index (χ2v) is 5.18. The van der Waals surface area contributed by atoms with Crippen molar-refractivity contribution < 1.29 is 0 Å². The van der Waals surface area contributed by atoms with Crippen LogP contribution in [0.1, 0.15) is 35.8 Å². The maximum atomic E-state index is 5.46. The minimum absolute atomic E-state index is 0.490. The molecule has 2 aromatic heterocycles. The molecule has 7 heteroatoms. The lowest BCUT2D eigenvalue weighted by molar-refractivity contribution is 0.756. The standard InChI is InChI=1S/C13H19N7/c1-8-10(7-20(2)19-8)6-15-11-5-12(18-14)17-13(16-11)9-3-4-9/h5,7,9H,3-4,6,14H2,1-2H3,(H2,15,16,17,18). The van der Waals surface area contributed by atoms with Gasteiger partial charge in [0.1, 0.15) is 17.5 Å². The predicted octanol–water partition coefficient (Wildman–Crippen LogP) is 1.29. The van der Waals surface area contributed by atoms with Crippen molar-refractivity contribution in [3.05, 3.63) is 29.3 Å². The van der Waals surface area contributed by atoms with Crippen LogP contribution in [0.4, 0.5) is 11.6 Å². The Balaban J connectivity index is 1.76. The molecule has 0 bridgehead atoms. The summed E-state index contributed by atoms with van der Waals surface area (Å²) >= 11 is 0. The van der Waals surface area contributed by atoms with E-state index in [2.05, 4.69) is 25.8 Å². The molecule has 0 spiro atoms. The molecule has 0 amide bonds. The third-order valence-electron chi connectivity index (χ3n) is 3.41. The van der Waals surface area contributed by atoms with Crippen molar-refractivity contribution in [3.8, 4) is 0 Å². The highest BCUT2D eigenvalue weighted by Gasteiger charge is 2.27. The number of hydrazine groups is 1. The Morgan fingerprint density at radius 1 is 1.35 bits per heavy atom. The molecule has 1 saturated carbocycles. The highest BCUT2D eigenvalue weighted by molar-refractivity contribution is 5.48. The van der Waals surface area contributed by atoms with Gasteiger partial charge in [0.05, 0.1) is 5.69 Å². The first kappa shape index (κ1) is 12.9. The minimum atomic E-state index is 0.490. The van der Waals surface area contributed by atoms with Gasteiger partial charge in [-0.15, -0.1) is 0 Å². The fourth-order valence-electron chi connectivity index (χ4n) is 2.16. The molecular weight excluding hydrogens is 254 g/mol. The van der Waals surface area contributed by atoms with Gasteiger partial charge in [-0.25, -0.2) is 15.8 Å². The third kappa shape index (κ3) is 2.72. The summed E-state index contributed by atoms with van der Waals surface area (Å²) in [4.78, 5) is 8.94. The third-order valence-corrected chi connectivity index (χ3v) is 3.41. The van der Waals surface area contributed by atoms with Gasteiger partial charge in [-0.05, 0) is 19.8 Å². The number of nitrogens with two attached hydrogens (primary N) is 1. The fraction of sp³-hybridized carbons (Fsp3) is 0.462. The van der Waals surface area contributed by atoms with Crippen molar-refractivity contribution in [1.82, 2.24) is 19.7 Å². The van der Waals surface area contributed by atoms with Crippen LogP contribution in [0.15, 0.2) is 12.3 Å². The number of rotatable bonds is 5. The van der Waals surface area contributed by atoms with Crippen LogP contribution in [0, 0.1) is 6.92 Å². The molecule has 2 heterocycles. The van der Waals surface area contributed by atoms with Gasteiger partial charge in [-0.2, -0.15) is 5.10 Å². The Kier molecular flexibility index (Phi) is 3.27. The molecule has 1 aliphatic rings. The van der Waals surface area contributed by atoms with E-state index in [0.717, 1.165) is 35.7 Å². The van der Waals surface area contributed by atoms with Crippen LogP contribution in [-0.4, -0.2) is 19.7 Å². The molecule has 4 N–H and O–H groups in total. The largest absolute Gasteiger partial charge is 0.366 e. The van der Waals surface area contributed by atoms with E-state index in [1.807, 2.05) is 30.9 Å². The zero-order chi connectivity index (χ0) is 14.1. The topological polar surface area (TPSA) is 93.7 Å². The van der Waals surface area contributed by atoms with Crippen LogP contribution in [0.2, 0.25) is 0 Å². The van der Waals surface area contributed by atoms with E-state index in [1.54, 1.807) is 0 Å². The van der Waals surface area contributed by atoms with Gasteiger partial charge in [0, 0.05) is 37.3 Å². The Bertz CT molecular complexity index is 615. The first-order chi connectivity index (χ1) is 9.65. The molecule has 0 atom stereocenters. The van der Waals surface area contributed by atoms with Crippen LogP contribution in [0.5, 0.6) is 0 Å². The molecule has 3 rings (SSSR count). The van der Waals surface area contributed by atoms with Crippen molar-refractivity contribution in [3.63, 3.8) is 0 Å². The highest BCUT2D eigenvalue weighted by Crippen LogP contribution is 2.38. The second kappa shape index (κ2) is 5.09. The van der Waals surface area contributed by atoms with Crippen LogP contribution in [0.25, 0.3) is 0 Å². The summed E-state index contributed by atoms with van der Waals surface area (Å²) in [7, 11) is 1.92. The number of anilines is 2. The van der Waals surface area contributed by atoms with Gasteiger partial charge in [-0.1, -0.05) is 0 Å². The number of hydrogen-bond donors (Lipinski definition) is 3. The maximum absolute atomic E-state index is 5.46. The van der Waals surface area contributed by atoms with Crippen LogP contribution in [0.3, 0.4) is 0 Å². The molecule has 7 nitrogen and oxygen atoms in total. The molecule has 1 fully saturated rings. The van der Waals surface area contributed by atoms with Crippen molar-refractivity contribution >= 4 is 11.6 Å². The van der Waals surface area contributed by atoms with E-state index >= 15 is 0 Å². The normalized spacial score (nSPS) is 14.3. The lowest BCUT2D eigenvalue weighted by Crippen LogP contribution is -2.12. The van der Waals surface area contributed by atoms with Crippen LogP contribution >= 0.6 is 0 Å². The summed E-state index contributed by atoms with van der Waals surface area (Å²) in [6.07, 6.45) is 4.33. The number of aromatic nitrogens is 4. The minimum Gasteiger partial charge on any atom is -0.366 e. The van der Waals surface area contributed by atoms with Crippen molar-refractivity contribution in [1.29, 1.82) is 0 Å². The molecule has 0 saturated heterocycles. The first-order valence-corrected chi connectivity index (χ1v) is 6.74. The summed E-state index contributed by atoms with van der Waals surface area (Å²) in [5, 5.41) is 7.64. The molecule has 20 heavy (non-hydrogen) atoms. The maximum Gasteiger partial charge on any atom is 0.145 e.